The smallest absolute Gasteiger partial charge is 0.260 e. The van der Waals surface area contributed by atoms with Crippen LogP contribution in [0.3, 0.4) is 0 Å². The molecule has 2 rings (SSSR count). The van der Waals surface area contributed by atoms with Crippen molar-refractivity contribution >= 4 is 33.2 Å². The molecular formula is C16H18BrNO2S. The van der Waals surface area contributed by atoms with Crippen LogP contribution in [0.2, 0.25) is 0 Å². The number of para-hydroxylation sites is 1. The lowest BCUT2D eigenvalue weighted by molar-refractivity contribution is -0.132. The van der Waals surface area contributed by atoms with Crippen molar-refractivity contribution in [3.8, 4) is 5.75 Å². The van der Waals surface area contributed by atoms with Crippen molar-refractivity contribution in [1.82, 2.24) is 4.90 Å². The summed E-state index contributed by atoms with van der Waals surface area (Å²) in [6.45, 7) is 2.75. The van der Waals surface area contributed by atoms with E-state index in [1.807, 2.05) is 35.7 Å². The van der Waals surface area contributed by atoms with Gasteiger partial charge < -0.3 is 9.64 Å². The van der Waals surface area contributed by atoms with Crippen LogP contribution in [-0.2, 0) is 17.8 Å². The highest BCUT2D eigenvalue weighted by molar-refractivity contribution is 9.10. The third kappa shape index (κ3) is 4.58. The Morgan fingerprint density at radius 1 is 1.38 bits per heavy atom. The maximum Gasteiger partial charge on any atom is 0.260 e. The second-order valence-corrected chi connectivity index (χ2v) is 6.64. The number of amides is 1. The van der Waals surface area contributed by atoms with E-state index < -0.39 is 0 Å². The summed E-state index contributed by atoms with van der Waals surface area (Å²) in [6.07, 6.45) is 0.892. The van der Waals surface area contributed by atoms with Gasteiger partial charge in [0.15, 0.2) is 6.61 Å². The number of hydrogen-bond acceptors (Lipinski definition) is 3. The molecule has 0 aliphatic heterocycles. The van der Waals surface area contributed by atoms with Crippen molar-refractivity contribution < 1.29 is 9.53 Å². The number of halogens is 1. The van der Waals surface area contributed by atoms with Gasteiger partial charge in [0, 0.05) is 21.8 Å². The van der Waals surface area contributed by atoms with E-state index in [1.54, 1.807) is 23.3 Å². The summed E-state index contributed by atoms with van der Waals surface area (Å²) < 4.78 is 6.71. The number of likely N-dealkylation sites (N-methyl/N-ethyl adjacent to an activating group) is 1. The lowest BCUT2D eigenvalue weighted by atomic mass is 10.1. The van der Waals surface area contributed by atoms with E-state index in [2.05, 4.69) is 22.9 Å². The Kier molecular flexibility index (Phi) is 5.82. The Morgan fingerprint density at radius 2 is 2.14 bits per heavy atom. The van der Waals surface area contributed by atoms with Crippen LogP contribution in [0.25, 0.3) is 0 Å². The van der Waals surface area contributed by atoms with Gasteiger partial charge in [-0.2, -0.15) is 0 Å². The van der Waals surface area contributed by atoms with E-state index in [0.29, 0.717) is 6.54 Å². The Bertz CT molecular complexity index is 612. The van der Waals surface area contributed by atoms with Crippen LogP contribution in [0.5, 0.6) is 5.75 Å². The lowest BCUT2D eigenvalue weighted by Gasteiger charge is -2.17. The summed E-state index contributed by atoms with van der Waals surface area (Å²) in [6, 6.07) is 9.86. The fourth-order valence-corrected chi connectivity index (χ4v) is 3.45. The Labute approximate surface area is 137 Å². The second-order valence-electron chi connectivity index (χ2n) is 4.73. The van der Waals surface area contributed by atoms with Gasteiger partial charge >= 0.3 is 0 Å². The van der Waals surface area contributed by atoms with Gasteiger partial charge in [-0.05, 0) is 40.0 Å². The first-order valence-electron chi connectivity index (χ1n) is 6.77. The molecule has 0 radical (unpaired) electrons. The summed E-state index contributed by atoms with van der Waals surface area (Å²) in [5.41, 5.74) is 1.12. The maximum atomic E-state index is 12.1. The van der Waals surface area contributed by atoms with Crippen molar-refractivity contribution in [2.45, 2.75) is 19.9 Å². The number of carbonyl (C=O) groups excluding carboxylic acids is 1. The minimum atomic E-state index is -0.0228. The van der Waals surface area contributed by atoms with E-state index >= 15 is 0 Å². The molecule has 0 saturated heterocycles. The number of benzene rings is 1. The van der Waals surface area contributed by atoms with Crippen molar-refractivity contribution in [3.05, 3.63) is 50.6 Å². The van der Waals surface area contributed by atoms with E-state index in [9.17, 15) is 4.79 Å². The summed E-state index contributed by atoms with van der Waals surface area (Å²) in [4.78, 5) is 15.0. The second kappa shape index (κ2) is 7.61. The van der Waals surface area contributed by atoms with E-state index in [4.69, 9.17) is 4.74 Å². The number of rotatable bonds is 6. The molecule has 21 heavy (non-hydrogen) atoms. The van der Waals surface area contributed by atoms with Crippen LogP contribution in [0.15, 0.2) is 40.2 Å². The molecule has 0 saturated carbocycles. The first-order valence-corrected chi connectivity index (χ1v) is 8.45. The third-order valence-electron chi connectivity index (χ3n) is 3.15. The molecule has 1 aromatic carbocycles. The quantitative estimate of drug-likeness (QED) is 0.768. The van der Waals surface area contributed by atoms with Gasteiger partial charge in [0.25, 0.3) is 5.91 Å². The van der Waals surface area contributed by atoms with E-state index in [0.717, 1.165) is 27.1 Å². The number of ether oxygens (including phenoxy) is 1. The van der Waals surface area contributed by atoms with Crippen LogP contribution in [0, 0.1) is 0 Å². The van der Waals surface area contributed by atoms with Crippen molar-refractivity contribution in [2.75, 3.05) is 13.7 Å². The van der Waals surface area contributed by atoms with Crippen LogP contribution >= 0.6 is 27.3 Å². The zero-order valence-corrected chi connectivity index (χ0v) is 14.5. The number of aryl methyl sites for hydroxylation is 1. The molecule has 0 unspecified atom stereocenters. The first-order chi connectivity index (χ1) is 10.1. The third-order valence-corrected chi connectivity index (χ3v) is 4.83. The van der Waals surface area contributed by atoms with Gasteiger partial charge in [0.05, 0.1) is 6.54 Å². The zero-order valence-electron chi connectivity index (χ0n) is 12.1. The molecular weight excluding hydrogens is 350 g/mol. The molecule has 1 heterocycles. The van der Waals surface area contributed by atoms with Crippen LogP contribution in [0.1, 0.15) is 17.4 Å². The minimum absolute atomic E-state index is 0.0228. The number of nitrogens with zero attached hydrogens (tertiary/aromatic N) is 1. The monoisotopic (exact) mass is 367 g/mol. The SMILES string of the molecule is CCc1ccccc1OCC(=O)N(C)Cc1cc(Br)cs1. The average Bonchev–Trinajstić information content (AvgIpc) is 2.90. The molecule has 5 heteroatoms. The normalized spacial score (nSPS) is 10.4. The molecule has 0 aliphatic rings. The summed E-state index contributed by atoms with van der Waals surface area (Å²) in [5, 5.41) is 2.02. The lowest BCUT2D eigenvalue weighted by Crippen LogP contribution is -2.30. The Balaban J connectivity index is 1.89. The molecule has 112 valence electrons. The van der Waals surface area contributed by atoms with Crippen molar-refractivity contribution in [1.29, 1.82) is 0 Å². The molecule has 1 amide bonds. The molecule has 3 nitrogen and oxygen atoms in total. The average molecular weight is 368 g/mol. The van der Waals surface area contributed by atoms with Gasteiger partial charge in [0.1, 0.15) is 5.75 Å². The first kappa shape index (κ1) is 16.0. The van der Waals surface area contributed by atoms with Crippen LogP contribution in [-0.4, -0.2) is 24.5 Å². The van der Waals surface area contributed by atoms with Crippen LogP contribution < -0.4 is 4.74 Å². The van der Waals surface area contributed by atoms with Gasteiger partial charge in [-0.15, -0.1) is 11.3 Å². The topological polar surface area (TPSA) is 29.5 Å². The number of carbonyl (C=O) groups is 1. The highest BCUT2D eigenvalue weighted by atomic mass is 79.9. The molecule has 1 aromatic heterocycles. The zero-order chi connectivity index (χ0) is 15.2. The molecule has 2 aromatic rings. The fourth-order valence-electron chi connectivity index (χ4n) is 1.95. The van der Waals surface area contributed by atoms with Gasteiger partial charge in [-0.3, -0.25) is 4.79 Å². The van der Waals surface area contributed by atoms with Crippen LogP contribution in [0.4, 0.5) is 0 Å². The molecule has 0 aliphatic carbocycles. The van der Waals surface area contributed by atoms with Crippen molar-refractivity contribution in [2.24, 2.45) is 0 Å². The molecule has 0 N–H and O–H groups in total. The summed E-state index contributed by atoms with van der Waals surface area (Å²) >= 11 is 5.05. The van der Waals surface area contributed by atoms with E-state index in [1.165, 1.54) is 0 Å². The standard InChI is InChI=1S/C16H18BrNO2S/c1-3-12-6-4-5-7-15(12)20-10-16(19)18(2)9-14-8-13(17)11-21-14/h4-8,11H,3,9-10H2,1-2H3. The predicted octanol–water partition coefficient (Wildman–Crippen LogP) is 4.11. The summed E-state index contributed by atoms with van der Waals surface area (Å²) in [7, 11) is 1.80. The Morgan fingerprint density at radius 3 is 2.81 bits per heavy atom. The predicted molar refractivity (Wildman–Crippen MR) is 89.8 cm³/mol. The molecule has 0 bridgehead atoms. The van der Waals surface area contributed by atoms with Crippen molar-refractivity contribution in [3.63, 3.8) is 0 Å². The highest BCUT2D eigenvalue weighted by Gasteiger charge is 2.12. The maximum absolute atomic E-state index is 12.1. The van der Waals surface area contributed by atoms with Gasteiger partial charge in [-0.25, -0.2) is 0 Å². The van der Waals surface area contributed by atoms with E-state index in [-0.39, 0.29) is 12.5 Å². The summed E-state index contributed by atoms with van der Waals surface area (Å²) in [5.74, 6) is 0.769. The number of hydrogen-bond donors (Lipinski definition) is 0. The molecule has 0 atom stereocenters. The highest BCUT2D eigenvalue weighted by Crippen LogP contribution is 2.21. The number of thiophene rings is 1. The van der Waals surface area contributed by atoms with Gasteiger partial charge in [0.2, 0.25) is 0 Å². The fraction of sp³-hybridized carbons (Fsp3) is 0.312. The van der Waals surface area contributed by atoms with Gasteiger partial charge in [-0.1, -0.05) is 25.1 Å². The molecule has 0 spiro atoms. The largest absolute Gasteiger partial charge is 0.483 e. The molecule has 0 fully saturated rings. The Hall–Kier alpha value is -1.33. The minimum Gasteiger partial charge on any atom is -0.483 e.